The van der Waals surface area contributed by atoms with Gasteiger partial charge in [-0.2, -0.15) is 0 Å². The number of piperidine rings is 1. The van der Waals surface area contributed by atoms with Crippen molar-refractivity contribution in [2.45, 2.75) is 30.7 Å². The fraction of sp³-hybridized carbons (Fsp3) is 0.533. The smallest absolute Gasteiger partial charge is 0.255 e. The highest BCUT2D eigenvalue weighted by atomic mass is 32.2. The highest BCUT2D eigenvalue weighted by Gasteiger charge is 2.23. The third-order valence-corrected chi connectivity index (χ3v) is 5.03. The molecule has 2 rings (SSSR count). The van der Waals surface area contributed by atoms with Crippen LogP contribution in [-0.2, 0) is 10.0 Å². The molecule has 0 bridgehead atoms. The lowest BCUT2D eigenvalue weighted by molar-refractivity contribution is 0.0909. The molecular formula is C15H23N3O4S. The highest BCUT2D eigenvalue weighted by molar-refractivity contribution is 7.89. The number of nitrogens with one attached hydrogen (secondary N) is 1. The molecule has 1 fully saturated rings. The second-order valence-corrected chi connectivity index (χ2v) is 7.15. The molecule has 1 amide bonds. The van der Waals surface area contributed by atoms with Crippen molar-refractivity contribution < 1.29 is 17.9 Å². The van der Waals surface area contributed by atoms with Gasteiger partial charge in [0.15, 0.2) is 0 Å². The second-order valence-electron chi connectivity index (χ2n) is 5.59. The van der Waals surface area contributed by atoms with Crippen LogP contribution in [-0.4, -0.2) is 52.0 Å². The number of carbonyl (C=O) groups excluding carboxylic acids is 1. The van der Waals surface area contributed by atoms with Gasteiger partial charge < -0.3 is 15.0 Å². The largest absolute Gasteiger partial charge is 0.496 e. The lowest BCUT2D eigenvalue weighted by atomic mass is 10.0. The number of rotatable bonds is 5. The molecule has 0 spiro atoms. The van der Waals surface area contributed by atoms with Gasteiger partial charge in [0, 0.05) is 19.1 Å². The summed E-state index contributed by atoms with van der Waals surface area (Å²) in [6.07, 6.45) is 1.74. The van der Waals surface area contributed by atoms with Crippen LogP contribution in [0.1, 0.15) is 30.1 Å². The number of benzene rings is 1. The Kier molecular flexibility index (Phi) is 5.61. The number of hydrogen-bond donors (Lipinski definition) is 2. The highest BCUT2D eigenvalue weighted by Crippen LogP contribution is 2.22. The molecule has 23 heavy (non-hydrogen) atoms. The summed E-state index contributed by atoms with van der Waals surface area (Å²) in [4.78, 5) is 14.7. The fourth-order valence-corrected chi connectivity index (χ4v) is 3.24. The van der Waals surface area contributed by atoms with E-state index in [9.17, 15) is 13.2 Å². The molecule has 1 aromatic carbocycles. The first-order chi connectivity index (χ1) is 10.8. The Morgan fingerprint density at radius 2 is 2.04 bits per heavy atom. The Hall–Kier alpha value is -1.64. The van der Waals surface area contributed by atoms with Crippen LogP contribution >= 0.6 is 0 Å². The van der Waals surface area contributed by atoms with Crippen LogP contribution in [0.15, 0.2) is 23.1 Å². The van der Waals surface area contributed by atoms with Crippen LogP contribution < -0.4 is 15.2 Å². The summed E-state index contributed by atoms with van der Waals surface area (Å²) in [5, 5.41) is 8.08. The number of amides is 1. The first kappa shape index (κ1) is 17.7. The summed E-state index contributed by atoms with van der Waals surface area (Å²) >= 11 is 0. The average molecular weight is 341 g/mol. The van der Waals surface area contributed by atoms with Gasteiger partial charge in [-0.1, -0.05) is 6.92 Å². The molecule has 0 aromatic heterocycles. The predicted molar refractivity (Wildman–Crippen MR) is 87.0 cm³/mol. The summed E-state index contributed by atoms with van der Waals surface area (Å²) in [7, 11) is -2.44. The van der Waals surface area contributed by atoms with Gasteiger partial charge in [0.05, 0.1) is 17.6 Å². The van der Waals surface area contributed by atoms with Crippen molar-refractivity contribution in [1.29, 1.82) is 0 Å². The topological polar surface area (TPSA) is 102 Å². The number of ether oxygens (including phenoxy) is 1. The minimum absolute atomic E-state index is 0.0770. The maximum absolute atomic E-state index is 12.5. The number of likely N-dealkylation sites (tertiary alicyclic amines) is 1. The van der Waals surface area contributed by atoms with Crippen molar-refractivity contribution in [1.82, 2.24) is 10.2 Å². The first-order valence-corrected chi connectivity index (χ1v) is 9.13. The summed E-state index contributed by atoms with van der Waals surface area (Å²) in [6.45, 7) is 5.00. The number of methoxy groups -OCH3 is 1. The van der Waals surface area contributed by atoms with Gasteiger partial charge in [-0.3, -0.25) is 4.79 Å². The van der Waals surface area contributed by atoms with E-state index in [2.05, 4.69) is 17.1 Å². The Morgan fingerprint density at radius 1 is 1.39 bits per heavy atom. The molecule has 1 heterocycles. The third-order valence-electron chi connectivity index (χ3n) is 4.11. The van der Waals surface area contributed by atoms with Crippen molar-refractivity contribution in [2.75, 3.05) is 26.7 Å². The van der Waals surface area contributed by atoms with E-state index < -0.39 is 10.0 Å². The van der Waals surface area contributed by atoms with Crippen molar-refractivity contribution >= 4 is 15.9 Å². The summed E-state index contributed by atoms with van der Waals surface area (Å²) in [5.74, 6) is -0.0248. The van der Waals surface area contributed by atoms with Crippen molar-refractivity contribution in [3.63, 3.8) is 0 Å². The number of primary sulfonamides is 1. The van der Waals surface area contributed by atoms with Crippen LogP contribution in [0.3, 0.4) is 0 Å². The van der Waals surface area contributed by atoms with E-state index in [1.54, 1.807) is 0 Å². The van der Waals surface area contributed by atoms with Gasteiger partial charge in [-0.05, 0) is 37.6 Å². The lowest BCUT2D eigenvalue weighted by Crippen LogP contribution is -2.44. The van der Waals surface area contributed by atoms with Crippen LogP contribution in [0, 0.1) is 0 Å². The van der Waals surface area contributed by atoms with Crippen LogP contribution in [0.5, 0.6) is 5.75 Å². The van der Waals surface area contributed by atoms with Gasteiger partial charge in [-0.15, -0.1) is 0 Å². The lowest BCUT2D eigenvalue weighted by Gasteiger charge is -2.31. The number of carbonyl (C=O) groups is 1. The zero-order valence-electron chi connectivity index (χ0n) is 13.4. The summed E-state index contributed by atoms with van der Waals surface area (Å²) in [5.41, 5.74) is 0.178. The zero-order chi connectivity index (χ0) is 17.0. The van der Waals surface area contributed by atoms with Gasteiger partial charge in [0.25, 0.3) is 5.91 Å². The molecule has 0 unspecified atom stereocenters. The van der Waals surface area contributed by atoms with Gasteiger partial charge in [0.2, 0.25) is 10.0 Å². The molecule has 1 saturated heterocycles. The molecule has 0 saturated carbocycles. The molecule has 128 valence electrons. The van der Waals surface area contributed by atoms with Gasteiger partial charge in [0.1, 0.15) is 5.75 Å². The molecule has 7 nitrogen and oxygen atoms in total. The zero-order valence-corrected chi connectivity index (χ0v) is 14.2. The Labute approximate surface area is 136 Å². The molecule has 3 N–H and O–H groups in total. The molecule has 1 aliphatic rings. The van der Waals surface area contributed by atoms with Crippen molar-refractivity contribution in [3.05, 3.63) is 23.8 Å². The monoisotopic (exact) mass is 341 g/mol. The van der Waals surface area contributed by atoms with E-state index in [0.29, 0.717) is 5.75 Å². The predicted octanol–water partition coefficient (Wildman–Crippen LogP) is 0.557. The van der Waals surface area contributed by atoms with E-state index in [1.807, 2.05) is 0 Å². The Morgan fingerprint density at radius 3 is 2.57 bits per heavy atom. The maximum atomic E-state index is 12.5. The van der Waals surface area contributed by atoms with E-state index in [0.717, 1.165) is 32.5 Å². The molecule has 1 aromatic rings. The molecule has 8 heteroatoms. The molecular weight excluding hydrogens is 318 g/mol. The standard InChI is InChI=1S/C15H23N3O4S/c1-3-18-8-6-11(7-9-18)17-15(19)13-10-12(23(16,20)21)4-5-14(13)22-2/h4-5,10-11H,3,6-9H2,1-2H3,(H,17,19)(H2,16,20,21). The van der Waals surface area contributed by atoms with Gasteiger partial charge in [-0.25, -0.2) is 13.6 Å². The number of nitrogens with zero attached hydrogens (tertiary/aromatic N) is 1. The van der Waals surface area contributed by atoms with Crippen LogP contribution in [0.25, 0.3) is 0 Å². The van der Waals surface area contributed by atoms with Crippen LogP contribution in [0.4, 0.5) is 0 Å². The van der Waals surface area contributed by atoms with E-state index >= 15 is 0 Å². The molecule has 0 aliphatic carbocycles. The average Bonchev–Trinajstić information content (AvgIpc) is 2.54. The minimum Gasteiger partial charge on any atom is -0.496 e. The molecule has 1 aliphatic heterocycles. The number of hydrogen-bond acceptors (Lipinski definition) is 5. The van der Waals surface area contributed by atoms with Crippen molar-refractivity contribution in [2.24, 2.45) is 5.14 Å². The van der Waals surface area contributed by atoms with Gasteiger partial charge >= 0.3 is 0 Å². The third kappa shape index (κ3) is 4.43. The number of sulfonamides is 1. The van der Waals surface area contributed by atoms with E-state index in [4.69, 9.17) is 9.88 Å². The fourth-order valence-electron chi connectivity index (χ4n) is 2.70. The van der Waals surface area contributed by atoms with Crippen molar-refractivity contribution in [3.8, 4) is 5.75 Å². The maximum Gasteiger partial charge on any atom is 0.255 e. The first-order valence-electron chi connectivity index (χ1n) is 7.59. The van der Waals surface area contributed by atoms with E-state index in [1.165, 1.54) is 25.3 Å². The quantitative estimate of drug-likeness (QED) is 0.815. The molecule has 0 atom stereocenters. The summed E-state index contributed by atoms with van der Waals surface area (Å²) in [6, 6.07) is 4.09. The van der Waals surface area contributed by atoms with E-state index in [-0.39, 0.29) is 22.4 Å². The Balaban J connectivity index is 2.15. The van der Waals surface area contributed by atoms with Crippen LogP contribution in [0.2, 0.25) is 0 Å². The molecule has 0 radical (unpaired) electrons. The Bertz CT molecular complexity index is 667. The minimum atomic E-state index is -3.87. The number of nitrogens with two attached hydrogens (primary N) is 1. The normalized spacial score (nSPS) is 17.0. The SMILES string of the molecule is CCN1CCC(NC(=O)c2cc(S(N)(=O)=O)ccc2OC)CC1. The second kappa shape index (κ2) is 7.29. The summed E-state index contributed by atoms with van der Waals surface area (Å²) < 4.78 is 28.1.